The van der Waals surface area contributed by atoms with Gasteiger partial charge in [-0.3, -0.25) is 0 Å². The first-order valence-corrected chi connectivity index (χ1v) is 6.39. The van der Waals surface area contributed by atoms with Gasteiger partial charge in [-0.05, 0) is 12.1 Å². The molecular formula is C13H9NO4S. The van der Waals surface area contributed by atoms with Crippen molar-refractivity contribution < 1.29 is 19.1 Å². The maximum atomic E-state index is 10.7. The third-order valence-electron chi connectivity index (χ3n) is 2.49. The summed E-state index contributed by atoms with van der Waals surface area (Å²) in [6.45, 7) is 0.171. The van der Waals surface area contributed by atoms with Crippen LogP contribution < -0.4 is 4.74 Å². The summed E-state index contributed by atoms with van der Waals surface area (Å²) in [6, 6.07) is 8.92. The van der Waals surface area contributed by atoms with Gasteiger partial charge in [-0.1, -0.05) is 12.1 Å². The molecule has 0 atom stereocenters. The highest BCUT2D eigenvalue weighted by molar-refractivity contribution is 7.12. The number of carboxylic acid groups (broad SMARTS) is 1. The minimum absolute atomic E-state index is 0.171. The van der Waals surface area contributed by atoms with Crippen molar-refractivity contribution in [3.05, 3.63) is 46.5 Å². The van der Waals surface area contributed by atoms with E-state index in [9.17, 15) is 4.79 Å². The number of aromatic carboxylic acids is 1. The van der Waals surface area contributed by atoms with Crippen LogP contribution in [0.2, 0.25) is 0 Å². The molecule has 96 valence electrons. The van der Waals surface area contributed by atoms with Crippen molar-refractivity contribution >= 4 is 28.4 Å². The third-order valence-corrected chi connectivity index (χ3v) is 3.38. The number of para-hydroxylation sites is 2. The summed E-state index contributed by atoms with van der Waals surface area (Å²) in [6.07, 6.45) is 0. The molecule has 1 N–H and O–H groups in total. The van der Waals surface area contributed by atoms with Gasteiger partial charge in [0.1, 0.15) is 16.1 Å². The van der Waals surface area contributed by atoms with Gasteiger partial charge in [0, 0.05) is 11.4 Å². The van der Waals surface area contributed by atoms with Crippen LogP contribution in [-0.4, -0.2) is 16.1 Å². The molecule has 0 saturated carbocycles. The largest absolute Gasteiger partial charge is 0.483 e. The number of hydrogen-bond acceptors (Lipinski definition) is 5. The Labute approximate surface area is 112 Å². The van der Waals surface area contributed by atoms with Crippen molar-refractivity contribution in [3.63, 3.8) is 0 Å². The molecule has 2 aromatic heterocycles. The molecule has 0 spiro atoms. The van der Waals surface area contributed by atoms with Crippen LogP contribution >= 0.6 is 11.3 Å². The van der Waals surface area contributed by atoms with Crippen molar-refractivity contribution in [2.45, 2.75) is 6.61 Å². The van der Waals surface area contributed by atoms with E-state index < -0.39 is 5.97 Å². The van der Waals surface area contributed by atoms with Gasteiger partial charge in [-0.25, -0.2) is 9.78 Å². The molecule has 0 amide bonds. The summed E-state index contributed by atoms with van der Waals surface area (Å²) in [5.74, 6) is 0.00985. The van der Waals surface area contributed by atoms with Crippen LogP contribution in [0.25, 0.3) is 11.1 Å². The summed E-state index contributed by atoms with van der Waals surface area (Å²) >= 11 is 1.12. The van der Waals surface area contributed by atoms with Crippen LogP contribution in [0.15, 0.2) is 40.1 Å². The van der Waals surface area contributed by atoms with E-state index in [1.54, 1.807) is 5.38 Å². The average Bonchev–Trinajstić information content (AvgIpc) is 3.02. The number of carbonyl (C=O) groups is 1. The molecule has 0 radical (unpaired) electrons. The Bertz CT molecular complexity index is 698. The lowest BCUT2D eigenvalue weighted by atomic mass is 10.3. The first kappa shape index (κ1) is 11.7. The normalized spacial score (nSPS) is 10.7. The molecule has 3 aromatic rings. The molecule has 0 bridgehead atoms. The van der Waals surface area contributed by atoms with Crippen LogP contribution in [0.5, 0.6) is 5.75 Å². The van der Waals surface area contributed by atoms with E-state index in [2.05, 4.69) is 4.98 Å². The molecule has 3 rings (SSSR count). The van der Waals surface area contributed by atoms with E-state index in [0.717, 1.165) is 16.9 Å². The summed E-state index contributed by atoms with van der Waals surface area (Å²) in [5.41, 5.74) is 1.48. The van der Waals surface area contributed by atoms with E-state index in [-0.39, 0.29) is 11.5 Å². The van der Waals surface area contributed by atoms with Crippen molar-refractivity contribution in [2.75, 3.05) is 0 Å². The summed E-state index contributed by atoms with van der Waals surface area (Å²) in [4.78, 5) is 15.2. The highest BCUT2D eigenvalue weighted by Crippen LogP contribution is 2.23. The molecular weight excluding hydrogens is 266 g/mol. The number of ether oxygens (including phenoxy) is 1. The lowest BCUT2D eigenvalue weighted by Crippen LogP contribution is -1.95. The van der Waals surface area contributed by atoms with E-state index >= 15 is 0 Å². The molecule has 0 aliphatic heterocycles. The summed E-state index contributed by atoms with van der Waals surface area (Å²) < 4.78 is 10.9. The Kier molecular flexibility index (Phi) is 2.92. The topological polar surface area (TPSA) is 72.6 Å². The molecule has 0 aliphatic carbocycles. The number of rotatable bonds is 4. The second-order valence-electron chi connectivity index (χ2n) is 3.82. The van der Waals surface area contributed by atoms with E-state index in [0.29, 0.717) is 17.2 Å². The maximum Gasteiger partial charge on any atom is 0.346 e. The Morgan fingerprint density at radius 3 is 3.00 bits per heavy atom. The van der Waals surface area contributed by atoms with E-state index in [1.807, 2.05) is 24.3 Å². The molecule has 0 saturated heterocycles. The van der Waals surface area contributed by atoms with Gasteiger partial charge in [0.05, 0.1) is 0 Å². The van der Waals surface area contributed by atoms with Crippen molar-refractivity contribution in [1.82, 2.24) is 4.98 Å². The molecule has 5 nitrogen and oxygen atoms in total. The van der Waals surface area contributed by atoms with Gasteiger partial charge < -0.3 is 14.3 Å². The third kappa shape index (κ3) is 2.43. The van der Waals surface area contributed by atoms with E-state index in [4.69, 9.17) is 14.3 Å². The second-order valence-corrected chi connectivity index (χ2v) is 4.73. The first-order valence-electron chi connectivity index (χ1n) is 5.51. The molecule has 0 unspecified atom stereocenters. The zero-order valence-corrected chi connectivity index (χ0v) is 10.5. The Balaban J connectivity index is 1.72. The number of fused-ring (bicyclic) bond motifs is 1. The lowest BCUT2D eigenvalue weighted by Gasteiger charge is -1.98. The maximum absolute atomic E-state index is 10.7. The predicted molar refractivity (Wildman–Crippen MR) is 69.6 cm³/mol. The van der Waals surface area contributed by atoms with Crippen LogP contribution in [-0.2, 0) is 6.61 Å². The zero-order chi connectivity index (χ0) is 13.2. The highest BCUT2D eigenvalue weighted by atomic mass is 32.1. The van der Waals surface area contributed by atoms with Crippen LogP contribution in [0.1, 0.15) is 15.6 Å². The first-order chi connectivity index (χ1) is 9.22. The molecule has 6 heteroatoms. The number of thiophene rings is 1. The van der Waals surface area contributed by atoms with E-state index in [1.165, 1.54) is 6.07 Å². The lowest BCUT2D eigenvalue weighted by molar-refractivity contribution is 0.0702. The molecule has 0 fully saturated rings. The van der Waals surface area contributed by atoms with Crippen LogP contribution in [0, 0.1) is 0 Å². The SMILES string of the molecule is O=C(O)c1cc(OCc2nc3ccccc3o2)cs1. The predicted octanol–water partition coefficient (Wildman–Crippen LogP) is 3.17. The summed E-state index contributed by atoms with van der Waals surface area (Å²) in [5, 5.41) is 10.4. The van der Waals surface area contributed by atoms with Gasteiger partial charge in [0.25, 0.3) is 0 Å². The molecule has 19 heavy (non-hydrogen) atoms. The van der Waals surface area contributed by atoms with Gasteiger partial charge in [-0.15, -0.1) is 11.3 Å². The quantitative estimate of drug-likeness (QED) is 0.791. The van der Waals surface area contributed by atoms with Gasteiger partial charge in [0.2, 0.25) is 5.89 Å². The fourth-order valence-corrected chi connectivity index (χ4v) is 2.30. The van der Waals surface area contributed by atoms with Crippen molar-refractivity contribution in [2.24, 2.45) is 0 Å². The fourth-order valence-electron chi connectivity index (χ4n) is 1.63. The Morgan fingerprint density at radius 2 is 2.26 bits per heavy atom. The summed E-state index contributed by atoms with van der Waals surface area (Å²) in [7, 11) is 0. The second kappa shape index (κ2) is 4.74. The number of hydrogen-bond donors (Lipinski definition) is 1. The fraction of sp³-hybridized carbons (Fsp3) is 0.0769. The van der Waals surface area contributed by atoms with Gasteiger partial charge >= 0.3 is 5.97 Å². The number of carboxylic acids is 1. The smallest absolute Gasteiger partial charge is 0.346 e. The Morgan fingerprint density at radius 1 is 1.42 bits per heavy atom. The monoisotopic (exact) mass is 275 g/mol. The Hall–Kier alpha value is -2.34. The molecule has 1 aromatic carbocycles. The molecule has 0 aliphatic rings. The number of oxazole rings is 1. The minimum Gasteiger partial charge on any atom is -0.483 e. The van der Waals surface area contributed by atoms with Crippen LogP contribution in [0.3, 0.4) is 0 Å². The number of nitrogens with zero attached hydrogens (tertiary/aromatic N) is 1. The van der Waals surface area contributed by atoms with Crippen molar-refractivity contribution in [1.29, 1.82) is 0 Å². The molecule has 2 heterocycles. The minimum atomic E-state index is -0.957. The van der Waals surface area contributed by atoms with Gasteiger partial charge in [-0.2, -0.15) is 0 Å². The number of aromatic nitrogens is 1. The van der Waals surface area contributed by atoms with Crippen LogP contribution in [0.4, 0.5) is 0 Å². The highest BCUT2D eigenvalue weighted by Gasteiger charge is 2.09. The standard InChI is InChI=1S/C13H9NO4S/c15-13(16)11-5-8(7-19-11)17-6-12-14-9-3-1-2-4-10(9)18-12/h1-5,7H,6H2,(H,15,16). The zero-order valence-electron chi connectivity index (χ0n) is 9.70. The average molecular weight is 275 g/mol. The number of benzene rings is 1. The van der Waals surface area contributed by atoms with Gasteiger partial charge in [0.15, 0.2) is 12.2 Å². The van der Waals surface area contributed by atoms with Crippen molar-refractivity contribution in [3.8, 4) is 5.75 Å².